The molecule has 3 rings (SSSR count). The number of hydrogen-bond acceptors (Lipinski definition) is 3. The number of amides is 2. The summed E-state index contributed by atoms with van der Waals surface area (Å²) in [6.07, 6.45) is 1.82. The Balaban J connectivity index is 1.56. The van der Waals surface area contributed by atoms with E-state index in [9.17, 15) is 9.59 Å². The fourth-order valence-electron chi connectivity index (χ4n) is 3.20. The number of ether oxygens (including phenoxy) is 1. The van der Waals surface area contributed by atoms with Crippen LogP contribution >= 0.6 is 0 Å². The molecule has 0 aliphatic carbocycles. The third-order valence-electron chi connectivity index (χ3n) is 4.60. The quantitative estimate of drug-likeness (QED) is 0.869. The summed E-state index contributed by atoms with van der Waals surface area (Å²) < 4.78 is 5.32. The van der Waals surface area contributed by atoms with Gasteiger partial charge in [-0.2, -0.15) is 0 Å². The van der Waals surface area contributed by atoms with Crippen LogP contribution in [0.5, 0.6) is 5.75 Å². The molecule has 1 fully saturated rings. The molecule has 0 aromatic heterocycles. The Kier molecular flexibility index (Phi) is 5.56. The highest BCUT2D eigenvalue weighted by Gasteiger charge is 2.21. The van der Waals surface area contributed by atoms with Crippen molar-refractivity contribution in [3.8, 4) is 5.75 Å². The number of aryl methyl sites for hydroxylation is 1. The molecule has 0 atom stereocenters. The van der Waals surface area contributed by atoms with Gasteiger partial charge in [0.1, 0.15) is 5.75 Å². The Bertz CT molecular complexity index is 799. The zero-order valence-electron chi connectivity index (χ0n) is 15.2. The molecule has 1 aliphatic heterocycles. The number of rotatable bonds is 6. The summed E-state index contributed by atoms with van der Waals surface area (Å²) in [6.45, 7) is 3.24. The summed E-state index contributed by atoms with van der Waals surface area (Å²) in [5.74, 6) is 0.858. The number of carbonyl (C=O) groups excluding carboxylic acids is 2. The molecular formula is C21H24N2O3. The summed E-state index contributed by atoms with van der Waals surface area (Å²) in [5, 5.41) is 2.94. The fraction of sp³-hybridized carbons (Fsp3) is 0.333. The molecule has 5 heteroatoms. The van der Waals surface area contributed by atoms with E-state index in [2.05, 4.69) is 5.32 Å². The standard InChI is InChI=1S/C21H24N2O3/c1-15-5-10-19(26-2)17(12-15)13-20(24)22-14-16-6-8-18(9-7-16)23-11-3-4-21(23)25/h5-10,12H,3-4,11,13-14H2,1-2H3,(H,22,24). The van der Waals surface area contributed by atoms with Gasteiger partial charge < -0.3 is 15.0 Å². The van der Waals surface area contributed by atoms with Crippen molar-refractivity contribution < 1.29 is 14.3 Å². The van der Waals surface area contributed by atoms with Gasteiger partial charge in [-0.15, -0.1) is 0 Å². The number of methoxy groups -OCH3 is 1. The van der Waals surface area contributed by atoms with Gasteiger partial charge in [0.25, 0.3) is 0 Å². The van der Waals surface area contributed by atoms with E-state index in [0.29, 0.717) is 13.0 Å². The summed E-state index contributed by atoms with van der Waals surface area (Å²) in [6, 6.07) is 13.6. The van der Waals surface area contributed by atoms with Gasteiger partial charge in [-0.1, -0.05) is 29.8 Å². The summed E-state index contributed by atoms with van der Waals surface area (Å²) in [4.78, 5) is 25.9. The lowest BCUT2D eigenvalue weighted by Gasteiger charge is -2.16. The van der Waals surface area contributed by atoms with Gasteiger partial charge in [0.15, 0.2) is 0 Å². The van der Waals surface area contributed by atoms with Crippen LogP contribution in [-0.2, 0) is 22.6 Å². The van der Waals surface area contributed by atoms with Crippen molar-refractivity contribution >= 4 is 17.5 Å². The molecule has 26 heavy (non-hydrogen) atoms. The van der Waals surface area contributed by atoms with Gasteiger partial charge in [-0.25, -0.2) is 0 Å². The average Bonchev–Trinajstić information content (AvgIpc) is 3.07. The van der Waals surface area contributed by atoms with Crippen LogP contribution in [0.25, 0.3) is 0 Å². The van der Waals surface area contributed by atoms with Gasteiger partial charge in [-0.3, -0.25) is 9.59 Å². The smallest absolute Gasteiger partial charge is 0.227 e. The van der Waals surface area contributed by atoms with Crippen molar-refractivity contribution in [2.45, 2.75) is 32.7 Å². The maximum atomic E-state index is 12.3. The number of anilines is 1. The predicted octanol–water partition coefficient (Wildman–Crippen LogP) is 2.99. The molecule has 136 valence electrons. The van der Waals surface area contributed by atoms with E-state index >= 15 is 0 Å². The normalized spacial score (nSPS) is 13.8. The molecule has 1 saturated heterocycles. The van der Waals surface area contributed by atoms with Gasteiger partial charge in [0, 0.05) is 30.8 Å². The van der Waals surface area contributed by atoms with Gasteiger partial charge >= 0.3 is 0 Å². The molecule has 0 spiro atoms. The van der Waals surface area contributed by atoms with Crippen LogP contribution in [0, 0.1) is 6.92 Å². The number of carbonyl (C=O) groups is 2. The first-order chi connectivity index (χ1) is 12.6. The Hall–Kier alpha value is -2.82. The van der Waals surface area contributed by atoms with Crippen LogP contribution in [0.1, 0.15) is 29.5 Å². The van der Waals surface area contributed by atoms with Crippen molar-refractivity contribution in [2.75, 3.05) is 18.6 Å². The lowest BCUT2D eigenvalue weighted by Crippen LogP contribution is -2.25. The molecule has 0 bridgehead atoms. The zero-order chi connectivity index (χ0) is 18.5. The Labute approximate surface area is 154 Å². The first kappa shape index (κ1) is 18.0. The molecule has 1 N–H and O–H groups in total. The van der Waals surface area contributed by atoms with Crippen LogP contribution in [0.4, 0.5) is 5.69 Å². The van der Waals surface area contributed by atoms with Gasteiger partial charge in [0.2, 0.25) is 11.8 Å². The van der Waals surface area contributed by atoms with E-state index in [0.717, 1.165) is 41.1 Å². The maximum absolute atomic E-state index is 12.3. The first-order valence-corrected chi connectivity index (χ1v) is 8.86. The average molecular weight is 352 g/mol. The lowest BCUT2D eigenvalue weighted by molar-refractivity contribution is -0.120. The van der Waals surface area contributed by atoms with E-state index in [1.165, 1.54) is 0 Å². The molecule has 2 aromatic carbocycles. The predicted molar refractivity (Wildman–Crippen MR) is 101 cm³/mol. The molecular weight excluding hydrogens is 328 g/mol. The summed E-state index contributed by atoms with van der Waals surface area (Å²) in [5.41, 5.74) is 3.91. The number of benzene rings is 2. The molecule has 0 unspecified atom stereocenters. The Morgan fingerprint density at radius 3 is 2.62 bits per heavy atom. The second kappa shape index (κ2) is 8.04. The third-order valence-corrected chi connectivity index (χ3v) is 4.60. The first-order valence-electron chi connectivity index (χ1n) is 8.86. The number of nitrogens with one attached hydrogen (secondary N) is 1. The van der Waals surface area contributed by atoms with Crippen molar-refractivity contribution in [1.82, 2.24) is 5.32 Å². The largest absolute Gasteiger partial charge is 0.496 e. The Morgan fingerprint density at radius 2 is 1.96 bits per heavy atom. The van der Waals surface area contributed by atoms with Crippen molar-refractivity contribution in [3.63, 3.8) is 0 Å². The minimum absolute atomic E-state index is 0.0484. The van der Waals surface area contributed by atoms with E-state index in [4.69, 9.17) is 4.74 Å². The highest BCUT2D eigenvalue weighted by molar-refractivity contribution is 5.95. The zero-order valence-corrected chi connectivity index (χ0v) is 15.2. The van der Waals surface area contributed by atoms with Crippen LogP contribution in [0.15, 0.2) is 42.5 Å². The third kappa shape index (κ3) is 4.23. The highest BCUT2D eigenvalue weighted by atomic mass is 16.5. The van der Waals surface area contributed by atoms with Gasteiger partial charge in [0.05, 0.1) is 13.5 Å². The minimum atomic E-state index is -0.0484. The summed E-state index contributed by atoms with van der Waals surface area (Å²) in [7, 11) is 1.61. The molecule has 0 saturated carbocycles. The number of hydrogen-bond donors (Lipinski definition) is 1. The van der Waals surface area contributed by atoms with E-state index in [1.807, 2.05) is 54.3 Å². The second-order valence-electron chi connectivity index (χ2n) is 6.58. The highest BCUT2D eigenvalue weighted by Crippen LogP contribution is 2.22. The van der Waals surface area contributed by atoms with Crippen LogP contribution < -0.4 is 15.0 Å². The van der Waals surface area contributed by atoms with Crippen LogP contribution in [-0.4, -0.2) is 25.5 Å². The molecule has 2 aromatic rings. The molecule has 5 nitrogen and oxygen atoms in total. The van der Waals surface area contributed by atoms with Crippen LogP contribution in [0.3, 0.4) is 0 Å². The van der Waals surface area contributed by atoms with E-state index < -0.39 is 0 Å². The second-order valence-corrected chi connectivity index (χ2v) is 6.58. The van der Waals surface area contributed by atoms with E-state index in [-0.39, 0.29) is 18.2 Å². The number of nitrogens with zero attached hydrogens (tertiary/aromatic N) is 1. The molecule has 2 amide bonds. The van der Waals surface area contributed by atoms with Gasteiger partial charge in [-0.05, 0) is 37.1 Å². The van der Waals surface area contributed by atoms with Crippen molar-refractivity contribution in [1.29, 1.82) is 0 Å². The monoisotopic (exact) mass is 352 g/mol. The minimum Gasteiger partial charge on any atom is -0.496 e. The van der Waals surface area contributed by atoms with E-state index in [1.54, 1.807) is 7.11 Å². The Morgan fingerprint density at radius 1 is 1.19 bits per heavy atom. The van der Waals surface area contributed by atoms with Crippen molar-refractivity contribution in [3.05, 3.63) is 59.2 Å². The SMILES string of the molecule is COc1ccc(C)cc1CC(=O)NCc1ccc(N2CCCC2=O)cc1. The maximum Gasteiger partial charge on any atom is 0.227 e. The van der Waals surface area contributed by atoms with Crippen molar-refractivity contribution in [2.24, 2.45) is 0 Å². The summed E-state index contributed by atoms with van der Waals surface area (Å²) >= 11 is 0. The lowest BCUT2D eigenvalue weighted by atomic mass is 10.1. The molecule has 0 radical (unpaired) electrons. The molecule has 1 heterocycles. The fourth-order valence-corrected chi connectivity index (χ4v) is 3.20. The topological polar surface area (TPSA) is 58.6 Å². The van der Waals surface area contributed by atoms with Crippen LogP contribution in [0.2, 0.25) is 0 Å². The molecule has 1 aliphatic rings.